The van der Waals surface area contributed by atoms with E-state index in [2.05, 4.69) is 5.32 Å². The molecule has 1 saturated heterocycles. The Bertz CT molecular complexity index is 620. The fourth-order valence-corrected chi connectivity index (χ4v) is 2.65. The molecule has 2 atom stereocenters. The van der Waals surface area contributed by atoms with Crippen molar-refractivity contribution < 1.29 is 23.9 Å². The van der Waals surface area contributed by atoms with Crippen LogP contribution in [0, 0.1) is 11.7 Å². The summed E-state index contributed by atoms with van der Waals surface area (Å²) in [6, 6.07) is 5.11. The molecule has 0 bridgehead atoms. The number of carbonyl (C=O) groups is 3. The molecule has 2 amide bonds. The first-order valence-corrected chi connectivity index (χ1v) is 7.44. The minimum absolute atomic E-state index is 0.0656. The number of carboxylic acid groups (broad SMARTS) is 1. The van der Waals surface area contributed by atoms with Crippen molar-refractivity contribution >= 4 is 17.8 Å². The Kier molecular flexibility index (Phi) is 5.31. The summed E-state index contributed by atoms with van der Waals surface area (Å²) in [6.07, 6.45) is 1.15. The zero-order valence-corrected chi connectivity index (χ0v) is 12.8. The Hall–Kier alpha value is -2.44. The van der Waals surface area contributed by atoms with E-state index in [0.29, 0.717) is 12.8 Å². The molecule has 6 nitrogen and oxygen atoms in total. The van der Waals surface area contributed by atoms with Gasteiger partial charge in [0.25, 0.3) is 5.91 Å². The maximum Gasteiger partial charge on any atom is 0.308 e. The van der Waals surface area contributed by atoms with Crippen molar-refractivity contribution in [2.45, 2.75) is 25.8 Å². The molecule has 23 heavy (non-hydrogen) atoms. The molecule has 7 heteroatoms. The second-order valence-electron chi connectivity index (χ2n) is 5.70. The average molecular weight is 322 g/mol. The summed E-state index contributed by atoms with van der Waals surface area (Å²) in [5.74, 6) is -2.91. The topological polar surface area (TPSA) is 86.7 Å². The lowest BCUT2D eigenvalue weighted by molar-refractivity contribution is -0.146. The number of carbonyl (C=O) groups excluding carboxylic acids is 2. The first-order valence-electron chi connectivity index (χ1n) is 7.44. The van der Waals surface area contributed by atoms with Gasteiger partial charge in [-0.3, -0.25) is 14.4 Å². The Morgan fingerprint density at radius 1 is 1.35 bits per heavy atom. The first kappa shape index (κ1) is 16.9. The van der Waals surface area contributed by atoms with Crippen molar-refractivity contribution in [3.63, 3.8) is 0 Å². The van der Waals surface area contributed by atoms with E-state index >= 15 is 0 Å². The number of nitrogens with one attached hydrogen (secondary N) is 1. The summed E-state index contributed by atoms with van der Waals surface area (Å²) in [6.45, 7) is 1.75. The van der Waals surface area contributed by atoms with Gasteiger partial charge in [0.1, 0.15) is 5.82 Å². The molecule has 1 aliphatic rings. The second-order valence-corrected chi connectivity index (χ2v) is 5.70. The highest BCUT2D eigenvalue weighted by atomic mass is 19.1. The van der Waals surface area contributed by atoms with Crippen LogP contribution in [0.1, 0.15) is 30.1 Å². The van der Waals surface area contributed by atoms with Crippen LogP contribution in [0.4, 0.5) is 4.39 Å². The van der Waals surface area contributed by atoms with Crippen molar-refractivity contribution in [1.29, 1.82) is 0 Å². The van der Waals surface area contributed by atoms with Crippen LogP contribution in [-0.2, 0) is 9.59 Å². The van der Waals surface area contributed by atoms with E-state index in [1.807, 2.05) is 6.92 Å². The number of aliphatic carboxylic acids is 1. The summed E-state index contributed by atoms with van der Waals surface area (Å²) in [7, 11) is 0. The molecule has 124 valence electrons. The van der Waals surface area contributed by atoms with Crippen molar-refractivity contribution in [2.24, 2.45) is 5.92 Å². The number of nitrogens with zero attached hydrogens (tertiary/aromatic N) is 1. The summed E-state index contributed by atoms with van der Waals surface area (Å²) >= 11 is 0. The van der Waals surface area contributed by atoms with Gasteiger partial charge in [0.2, 0.25) is 5.91 Å². The van der Waals surface area contributed by atoms with Gasteiger partial charge in [-0.05, 0) is 38.0 Å². The summed E-state index contributed by atoms with van der Waals surface area (Å²) in [4.78, 5) is 36.7. The third-order valence-electron chi connectivity index (χ3n) is 4.04. The molecule has 2 unspecified atom stereocenters. The third-order valence-corrected chi connectivity index (χ3v) is 4.04. The monoisotopic (exact) mass is 322 g/mol. The van der Waals surface area contributed by atoms with Gasteiger partial charge >= 0.3 is 5.97 Å². The zero-order chi connectivity index (χ0) is 17.0. The van der Waals surface area contributed by atoms with Gasteiger partial charge in [0.15, 0.2) is 0 Å². The molecule has 0 radical (unpaired) electrons. The van der Waals surface area contributed by atoms with Crippen molar-refractivity contribution in [2.75, 3.05) is 13.1 Å². The molecule has 1 aromatic rings. The van der Waals surface area contributed by atoms with Gasteiger partial charge in [-0.25, -0.2) is 4.39 Å². The lowest BCUT2D eigenvalue weighted by Crippen LogP contribution is -2.50. The van der Waals surface area contributed by atoms with E-state index in [4.69, 9.17) is 5.11 Å². The highest BCUT2D eigenvalue weighted by Crippen LogP contribution is 2.22. The van der Waals surface area contributed by atoms with E-state index in [1.165, 1.54) is 23.1 Å². The van der Waals surface area contributed by atoms with Crippen molar-refractivity contribution in [3.05, 3.63) is 35.6 Å². The largest absolute Gasteiger partial charge is 0.481 e. The molecule has 2 N–H and O–H groups in total. The highest BCUT2D eigenvalue weighted by molar-refractivity contribution is 5.96. The van der Waals surface area contributed by atoms with Gasteiger partial charge in [-0.1, -0.05) is 6.07 Å². The van der Waals surface area contributed by atoms with Gasteiger partial charge in [0.05, 0.1) is 12.5 Å². The normalized spacial score (nSPS) is 20.9. The Morgan fingerprint density at radius 2 is 2.09 bits per heavy atom. The molecule has 1 aliphatic heterocycles. The average Bonchev–Trinajstić information content (AvgIpc) is 2.52. The standard InChI is InChI=1S/C16H19FN2O4/c1-10-5-6-12(16(22)23)9-19(10)14(20)8-18-15(21)11-3-2-4-13(17)7-11/h2-4,7,10,12H,5-6,8-9H2,1H3,(H,18,21)(H,22,23). The van der Waals surface area contributed by atoms with Gasteiger partial charge in [-0.15, -0.1) is 0 Å². The lowest BCUT2D eigenvalue weighted by Gasteiger charge is -2.36. The Balaban J connectivity index is 1.93. The van der Waals surface area contributed by atoms with Crippen LogP contribution < -0.4 is 5.32 Å². The number of likely N-dealkylation sites (tertiary alicyclic amines) is 1. The van der Waals surface area contributed by atoms with Crippen LogP contribution in [0.3, 0.4) is 0 Å². The van der Waals surface area contributed by atoms with Crippen LogP contribution in [0.2, 0.25) is 0 Å². The molecule has 2 rings (SSSR count). The molecular formula is C16H19FN2O4. The fraction of sp³-hybridized carbons (Fsp3) is 0.438. The number of piperidine rings is 1. The first-order chi connectivity index (χ1) is 10.9. The van der Waals surface area contributed by atoms with E-state index in [0.717, 1.165) is 6.07 Å². The number of halogens is 1. The van der Waals surface area contributed by atoms with Crippen molar-refractivity contribution in [3.8, 4) is 0 Å². The summed E-state index contributed by atoms with van der Waals surface area (Å²) < 4.78 is 13.1. The van der Waals surface area contributed by atoms with Crippen molar-refractivity contribution in [1.82, 2.24) is 10.2 Å². The fourth-order valence-electron chi connectivity index (χ4n) is 2.65. The Morgan fingerprint density at radius 3 is 2.74 bits per heavy atom. The van der Waals surface area contributed by atoms with Crippen LogP contribution in [0.15, 0.2) is 24.3 Å². The van der Waals surface area contributed by atoms with Crippen LogP contribution in [0.25, 0.3) is 0 Å². The molecular weight excluding hydrogens is 303 g/mol. The van der Waals surface area contributed by atoms with E-state index in [1.54, 1.807) is 0 Å². The molecule has 0 aromatic heterocycles. The SMILES string of the molecule is CC1CCC(C(=O)O)CN1C(=O)CNC(=O)c1cccc(F)c1. The predicted octanol–water partition coefficient (Wildman–Crippen LogP) is 1.27. The molecule has 1 fully saturated rings. The van der Waals surface area contributed by atoms with Gasteiger partial charge < -0.3 is 15.3 Å². The molecule has 0 aliphatic carbocycles. The molecule has 0 spiro atoms. The quantitative estimate of drug-likeness (QED) is 0.874. The van der Waals surface area contributed by atoms with Gasteiger partial charge in [0, 0.05) is 18.2 Å². The number of carboxylic acids is 1. The maximum atomic E-state index is 13.1. The second kappa shape index (κ2) is 7.21. The summed E-state index contributed by atoms with van der Waals surface area (Å²) in [5, 5.41) is 11.5. The lowest BCUT2D eigenvalue weighted by atomic mass is 9.93. The molecule has 1 aromatic carbocycles. The number of amides is 2. The van der Waals surface area contributed by atoms with E-state index in [9.17, 15) is 18.8 Å². The van der Waals surface area contributed by atoms with Gasteiger partial charge in [-0.2, -0.15) is 0 Å². The highest BCUT2D eigenvalue weighted by Gasteiger charge is 2.32. The minimum atomic E-state index is -0.918. The number of hydrogen-bond donors (Lipinski definition) is 2. The number of rotatable bonds is 4. The Labute approximate surface area is 133 Å². The predicted molar refractivity (Wildman–Crippen MR) is 80.3 cm³/mol. The summed E-state index contributed by atoms with van der Waals surface area (Å²) in [5.41, 5.74) is 0.132. The van der Waals surface area contributed by atoms with E-state index < -0.39 is 23.6 Å². The zero-order valence-electron chi connectivity index (χ0n) is 12.8. The van der Waals surface area contributed by atoms with Crippen LogP contribution in [-0.4, -0.2) is 46.9 Å². The minimum Gasteiger partial charge on any atom is -0.481 e. The van der Waals surface area contributed by atoms with Crippen LogP contribution >= 0.6 is 0 Å². The molecule has 0 saturated carbocycles. The maximum absolute atomic E-state index is 13.1. The number of benzene rings is 1. The smallest absolute Gasteiger partial charge is 0.308 e. The van der Waals surface area contributed by atoms with Crippen LogP contribution in [0.5, 0.6) is 0 Å². The molecule has 1 heterocycles. The number of hydrogen-bond acceptors (Lipinski definition) is 3. The van der Waals surface area contributed by atoms with E-state index in [-0.39, 0.29) is 30.6 Å². The third kappa shape index (κ3) is 4.28.